The number of fused-ring (bicyclic) bond motifs is 6. The molecule has 4 aliphatic carbocycles. The van der Waals surface area contributed by atoms with Crippen LogP contribution in [0.2, 0.25) is 0 Å². The predicted molar refractivity (Wildman–Crippen MR) is 205 cm³/mol. The molecule has 0 saturated carbocycles. The van der Waals surface area contributed by atoms with Gasteiger partial charge in [-0.05, 0) is 58.4 Å². The summed E-state index contributed by atoms with van der Waals surface area (Å²) >= 11 is 1.46. The normalized spacial score (nSPS) is 19.0. The zero-order valence-electron chi connectivity index (χ0n) is 30.9. The van der Waals surface area contributed by atoms with E-state index in [0.717, 1.165) is 6.42 Å². The van der Waals surface area contributed by atoms with Crippen LogP contribution in [-0.4, -0.2) is 3.71 Å². The molecule has 4 aliphatic rings. The van der Waals surface area contributed by atoms with E-state index in [0.29, 0.717) is 11.3 Å². The van der Waals surface area contributed by atoms with Crippen LogP contribution in [0.4, 0.5) is 0 Å². The summed E-state index contributed by atoms with van der Waals surface area (Å²) in [7, 11) is 0. The third-order valence-corrected chi connectivity index (χ3v) is 11.2. The third kappa shape index (κ3) is 6.45. The summed E-state index contributed by atoms with van der Waals surface area (Å²) < 4.78 is 2.23. The molecule has 0 spiro atoms. The predicted octanol–water partition coefficient (Wildman–Crippen LogP) is 12.3. The first-order valence-corrected chi connectivity index (χ1v) is 18.9. The summed E-state index contributed by atoms with van der Waals surface area (Å²) in [6.45, 7) is 24.8. The average Bonchev–Trinajstić information content (AvgIpc) is 3.69. The first-order chi connectivity index (χ1) is 22.5. The number of rotatable bonds is 1. The Morgan fingerprint density at radius 2 is 1.40 bits per heavy atom. The third-order valence-electron chi connectivity index (χ3n) is 10.5. The number of benzene rings is 4. The van der Waals surface area contributed by atoms with Gasteiger partial charge >= 0.3 is 86.7 Å². The van der Waals surface area contributed by atoms with Gasteiger partial charge in [0.05, 0.1) is 0 Å². The molecule has 0 amide bonds. The second-order valence-corrected chi connectivity index (χ2v) is 17.0. The Morgan fingerprint density at radius 3 is 2.00 bits per heavy atom. The van der Waals surface area contributed by atoms with E-state index in [4.69, 9.17) is 0 Å². The van der Waals surface area contributed by atoms with Gasteiger partial charge in [-0.1, -0.05) is 104 Å². The fourth-order valence-corrected chi connectivity index (χ4v) is 8.92. The Balaban J connectivity index is 0.000000145. The van der Waals surface area contributed by atoms with Crippen LogP contribution < -0.4 is 0 Å². The van der Waals surface area contributed by atoms with Crippen molar-refractivity contribution in [3.63, 3.8) is 0 Å². The summed E-state index contributed by atoms with van der Waals surface area (Å²) in [6.07, 6.45) is 12.8. The average molecular weight is 706 g/mol. The van der Waals surface area contributed by atoms with Crippen molar-refractivity contribution in [3.05, 3.63) is 141 Å². The maximum atomic E-state index is 3.65. The number of allylic oxidation sites excluding steroid dienone is 8. The van der Waals surface area contributed by atoms with Crippen LogP contribution in [0.1, 0.15) is 115 Å². The molecule has 0 fully saturated rings. The molecule has 0 aliphatic heterocycles. The minimum atomic E-state index is 0.0340. The number of hydrogen-bond donors (Lipinski definition) is 0. The molecule has 4 aromatic carbocycles. The van der Waals surface area contributed by atoms with Gasteiger partial charge in [0, 0.05) is 5.41 Å². The first kappa shape index (κ1) is 34.7. The molecular formula is C47H50Zr. The van der Waals surface area contributed by atoms with Crippen LogP contribution >= 0.6 is 0 Å². The summed E-state index contributed by atoms with van der Waals surface area (Å²) in [6, 6.07) is 24.7. The van der Waals surface area contributed by atoms with Crippen LogP contribution in [0.5, 0.6) is 0 Å². The monoisotopic (exact) mass is 704 g/mol. The molecule has 0 bridgehead atoms. The Kier molecular flexibility index (Phi) is 9.13. The molecule has 242 valence electrons. The molecule has 48 heavy (non-hydrogen) atoms. The van der Waals surface area contributed by atoms with Gasteiger partial charge in [0.1, 0.15) is 0 Å². The van der Waals surface area contributed by atoms with Gasteiger partial charge < -0.3 is 0 Å². The van der Waals surface area contributed by atoms with E-state index in [1.807, 2.05) is 0 Å². The van der Waals surface area contributed by atoms with E-state index < -0.39 is 0 Å². The van der Waals surface area contributed by atoms with Crippen molar-refractivity contribution in [1.29, 1.82) is 0 Å². The molecule has 0 nitrogen and oxygen atoms in total. The van der Waals surface area contributed by atoms with Crippen LogP contribution in [0.25, 0.3) is 33.0 Å². The van der Waals surface area contributed by atoms with E-state index in [9.17, 15) is 0 Å². The van der Waals surface area contributed by atoms with Crippen molar-refractivity contribution >= 4 is 25.6 Å². The van der Waals surface area contributed by atoms with E-state index in [-0.39, 0.29) is 10.8 Å². The summed E-state index contributed by atoms with van der Waals surface area (Å²) in [5.74, 6) is 0.518. The van der Waals surface area contributed by atoms with Gasteiger partial charge in [0.15, 0.2) is 0 Å². The van der Waals surface area contributed by atoms with Crippen molar-refractivity contribution in [1.82, 2.24) is 0 Å². The van der Waals surface area contributed by atoms with E-state index in [1.54, 1.807) is 0 Å². The van der Waals surface area contributed by atoms with E-state index in [1.165, 1.54) is 107 Å². The molecule has 1 heteroatoms. The fourth-order valence-electron chi connectivity index (χ4n) is 8.30. The van der Waals surface area contributed by atoms with Crippen molar-refractivity contribution in [2.24, 2.45) is 11.3 Å². The van der Waals surface area contributed by atoms with Gasteiger partial charge in [-0.25, -0.2) is 11.1 Å². The molecule has 4 aromatic rings. The van der Waals surface area contributed by atoms with Crippen molar-refractivity contribution in [2.75, 3.05) is 0 Å². The molecule has 0 saturated heterocycles. The fraction of sp³-hybridized carbons (Fsp3) is 0.340. The molecule has 1 unspecified atom stereocenters. The van der Waals surface area contributed by atoms with Crippen LogP contribution in [0, 0.1) is 23.5 Å². The quantitative estimate of drug-likeness (QED) is 0.152. The Bertz CT molecular complexity index is 1990. The topological polar surface area (TPSA) is 0 Å². The number of hydrogen-bond acceptors (Lipinski definition) is 0. The van der Waals surface area contributed by atoms with Crippen molar-refractivity contribution in [3.8, 4) is 11.1 Å². The second kappa shape index (κ2) is 12.6. The van der Waals surface area contributed by atoms with Gasteiger partial charge in [0.2, 0.25) is 0 Å². The van der Waals surface area contributed by atoms with Crippen molar-refractivity contribution < 1.29 is 24.2 Å². The van der Waals surface area contributed by atoms with Gasteiger partial charge in [-0.3, -0.25) is 12.2 Å². The Labute approximate surface area is 305 Å². The maximum absolute atomic E-state index is 3.65. The molecule has 1 atom stereocenters. The second-order valence-electron chi connectivity index (χ2n) is 16.3. The summed E-state index contributed by atoms with van der Waals surface area (Å²) in [4.78, 5) is 0. The molecule has 0 radical (unpaired) electrons. The van der Waals surface area contributed by atoms with Crippen molar-refractivity contribution in [2.45, 2.75) is 93.4 Å². The Morgan fingerprint density at radius 1 is 0.771 bits per heavy atom. The zero-order chi connectivity index (χ0) is 34.8. The Hall–Kier alpha value is -3.15. The van der Waals surface area contributed by atoms with Crippen LogP contribution in [-0.2, 0) is 41.5 Å². The molecule has 0 aromatic heterocycles. The van der Waals surface area contributed by atoms with Crippen LogP contribution in [0.15, 0.2) is 90.0 Å². The molecule has 0 N–H and O–H groups in total. The molecular weight excluding hydrogens is 656 g/mol. The first-order valence-electron chi connectivity index (χ1n) is 17.5. The SMILES string of the molecule is CC1=[C-]C(C)(C)c2cc3c(cc21)-c1cc2c(cc1C3)C(C)(C)C=C2C.CC1=[C-]C(C)C=C1C(C)(C)C.[Zr+2]=[CH]c1cccc2ccccc12. The van der Waals surface area contributed by atoms with Crippen LogP contribution in [0.3, 0.4) is 0 Å². The van der Waals surface area contributed by atoms with Gasteiger partial charge in [-0.2, -0.15) is 17.2 Å². The molecule has 0 heterocycles. The molecule has 8 rings (SSSR count). The summed E-state index contributed by atoms with van der Waals surface area (Å²) in [5, 5.41) is 2.69. The standard InChI is InChI=1S/C25H25.C11H8.C11H17.Zr/c1-14-12-24(3,4)22-8-16-7-17-9-23-19(15(2)13-25(23,5)6)11-21(17)20(16)10-18(14)22;1-9-5-4-7-10-6-2-3-8-11(9)10;1-8-6-9(2)10(7-8)11(3,4)5;/h8-12H,7H2,1-6H3;1-8H;7-8H,1-5H3;/q-1;;-1;+2. The zero-order valence-corrected chi connectivity index (χ0v) is 33.3. The van der Waals surface area contributed by atoms with E-state index in [2.05, 4.69) is 171 Å². The van der Waals surface area contributed by atoms with Gasteiger partial charge in [-0.15, -0.1) is 11.6 Å². The van der Waals surface area contributed by atoms with Gasteiger partial charge in [0.25, 0.3) is 0 Å². The minimum absolute atomic E-state index is 0.0340. The van der Waals surface area contributed by atoms with E-state index >= 15 is 0 Å². The summed E-state index contributed by atoms with van der Waals surface area (Å²) in [5.41, 5.74) is 19.0.